The van der Waals surface area contributed by atoms with Crippen molar-refractivity contribution in [3.63, 3.8) is 0 Å². The van der Waals surface area contributed by atoms with Gasteiger partial charge in [-0.25, -0.2) is 8.42 Å². The maximum atomic E-state index is 12.6. The number of benzene rings is 2. The molecule has 0 heterocycles. The smallest absolute Gasteiger partial charge is 0.243 e. The van der Waals surface area contributed by atoms with Crippen LogP contribution in [-0.4, -0.2) is 32.2 Å². The van der Waals surface area contributed by atoms with Gasteiger partial charge in [0.15, 0.2) is 0 Å². The second kappa shape index (κ2) is 8.12. The van der Waals surface area contributed by atoms with Gasteiger partial charge in [-0.1, -0.05) is 41.1 Å². The van der Waals surface area contributed by atoms with Gasteiger partial charge in [-0.3, -0.25) is 4.79 Å². The third kappa shape index (κ3) is 4.68. The molecule has 5 nitrogen and oxygen atoms in total. The first-order valence-corrected chi connectivity index (χ1v) is 10.1. The van der Waals surface area contributed by atoms with Crippen LogP contribution < -0.4 is 5.32 Å². The van der Waals surface area contributed by atoms with E-state index in [1.165, 1.54) is 19.2 Å². The molecule has 1 amide bonds. The molecule has 0 atom stereocenters. The summed E-state index contributed by atoms with van der Waals surface area (Å²) in [4.78, 5) is 12.5. The van der Waals surface area contributed by atoms with E-state index in [0.29, 0.717) is 0 Å². The first-order chi connectivity index (χ1) is 11.8. The van der Waals surface area contributed by atoms with Crippen molar-refractivity contribution < 1.29 is 13.2 Å². The highest BCUT2D eigenvalue weighted by Crippen LogP contribution is 2.22. The summed E-state index contributed by atoms with van der Waals surface area (Å²) in [6, 6.07) is 12.1. The molecule has 25 heavy (non-hydrogen) atoms. The van der Waals surface area contributed by atoms with Crippen molar-refractivity contribution in [2.45, 2.75) is 25.2 Å². The number of nitrogens with one attached hydrogen (secondary N) is 1. The average molecular weight is 425 g/mol. The highest BCUT2D eigenvalue weighted by molar-refractivity contribution is 9.10. The van der Waals surface area contributed by atoms with Gasteiger partial charge in [0.05, 0.1) is 11.4 Å². The largest absolute Gasteiger partial charge is 0.324 e. The van der Waals surface area contributed by atoms with Crippen LogP contribution in [0.4, 0.5) is 5.69 Å². The van der Waals surface area contributed by atoms with Crippen LogP contribution in [0.15, 0.2) is 51.8 Å². The first kappa shape index (κ1) is 19.6. The number of anilines is 1. The van der Waals surface area contributed by atoms with E-state index >= 15 is 0 Å². The minimum absolute atomic E-state index is 0.149. The Labute approximate surface area is 157 Å². The zero-order valence-electron chi connectivity index (χ0n) is 14.4. The second-order valence-corrected chi connectivity index (χ2v) is 8.69. The zero-order chi connectivity index (χ0) is 18.6. The van der Waals surface area contributed by atoms with Crippen LogP contribution >= 0.6 is 15.9 Å². The molecule has 0 bridgehead atoms. The quantitative estimate of drug-likeness (QED) is 0.770. The van der Waals surface area contributed by atoms with Gasteiger partial charge in [-0.2, -0.15) is 4.31 Å². The van der Waals surface area contributed by atoms with E-state index in [4.69, 9.17) is 0 Å². The Bertz CT molecular complexity index is 864. The topological polar surface area (TPSA) is 66.5 Å². The molecule has 134 valence electrons. The Kier molecular flexibility index (Phi) is 6.37. The third-order valence-electron chi connectivity index (χ3n) is 3.89. The molecule has 0 radical (unpaired) electrons. The maximum Gasteiger partial charge on any atom is 0.243 e. The van der Waals surface area contributed by atoms with E-state index in [1.807, 2.05) is 32.0 Å². The van der Waals surface area contributed by atoms with E-state index in [2.05, 4.69) is 21.2 Å². The molecule has 0 saturated carbocycles. The molecular weight excluding hydrogens is 404 g/mol. The van der Waals surface area contributed by atoms with Gasteiger partial charge >= 0.3 is 0 Å². The van der Waals surface area contributed by atoms with Crippen LogP contribution in [0.25, 0.3) is 0 Å². The summed E-state index contributed by atoms with van der Waals surface area (Å²) in [5.41, 5.74) is 2.72. The summed E-state index contributed by atoms with van der Waals surface area (Å²) >= 11 is 3.27. The van der Waals surface area contributed by atoms with Crippen molar-refractivity contribution in [2.75, 3.05) is 18.9 Å². The van der Waals surface area contributed by atoms with Gasteiger partial charge in [-0.05, 0) is 48.7 Å². The summed E-state index contributed by atoms with van der Waals surface area (Å²) in [6.45, 7) is 3.67. The molecule has 0 fully saturated rings. The number of rotatable bonds is 6. The summed E-state index contributed by atoms with van der Waals surface area (Å²) in [7, 11) is -2.32. The van der Waals surface area contributed by atoms with E-state index < -0.39 is 10.0 Å². The summed E-state index contributed by atoms with van der Waals surface area (Å²) in [5.74, 6) is -0.368. The van der Waals surface area contributed by atoms with Gasteiger partial charge in [0.2, 0.25) is 15.9 Å². The highest BCUT2D eigenvalue weighted by Gasteiger charge is 2.23. The molecule has 0 spiro atoms. The highest BCUT2D eigenvalue weighted by atomic mass is 79.9. The molecule has 0 unspecified atom stereocenters. The first-order valence-electron chi connectivity index (χ1n) is 7.86. The molecule has 0 aliphatic carbocycles. The van der Waals surface area contributed by atoms with Crippen molar-refractivity contribution in [3.05, 3.63) is 58.1 Å². The number of carbonyl (C=O) groups excluding carboxylic acids is 1. The van der Waals surface area contributed by atoms with Crippen LogP contribution in [0, 0.1) is 6.92 Å². The van der Waals surface area contributed by atoms with Gasteiger partial charge < -0.3 is 5.32 Å². The fourth-order valence-electron chi connectivity index (χ4n) is 2.45. The summed E-state index contributed by atoms with van der Waals surface area (Å²) in [5, 5.41) is 2.84. The van der Waals surface area contributed by atoms with Crippen LogP contribution in [0.2, 0.25) is 0 Å². The van der Waals surface area contributed by atoms with Crippen molar-refractivity contribution in [1.29, 1.82) is 0 Å². The van der Waals surface area contributed by atoms with Gasteiger partial charge in [-0.15, -0.1) is 0 Å². The zero-order valence-corrected chi connectivity index (χ0v) is 16.8. The monoisotopic (exact) mass is 424 g/mol. The van der Waals surface area contributed by atoms with Gasteiger partial charge in [0.25, 0.3) is 0 Å². The summed E-state index contributed by atoms with van der Waals surface area (Å²) < 4.78 is 26.9. The van der Waals surface area contributed by atoms with E-state index in [9.17, 15) is 13.2 Å². The molecule has 0 aliphatic heterocycles. The fourth-order valence-corrected chi connectivity index (χ4v) is 3.85. The lowest BCUT2D eigenvalue weighted by Gasteiger charge is -2.18. The fraction of sp³-hybridized carbons (Fsp3) is 0.278. The number of hydrogen-bond acceptors (Lipinski definition) is 3. The predicted molar refractivity (Wildman–Crippen MR) is 103 cm³/mol. The Balaban J connectivity index is 2.14. The Morgan fingerprint density at radius 1 is 1.16 bits per heavy atom. The number of para-hydroxylation sites is 1. The molecule has 2 rings (SSSR count). The molecule has 0 saturated heterocycles. The van der Waals surface area contributed by atoms with E-state index in [-0.39, 0.29) is 17.3 Å². The molecule has 1 N–H and O–H groups in total. The number of sulfonamides is 1. The van der Waals surface area contributed by atoms with Crippen molar-refractivity contribution >= 4 is 37.5 Å². The lowest BCUT2D eigenvalue weighted by atomic mass is 10.1. The van der Waals surface area contributed by atoms with E-state index in [1.54, 1.807) is 12.1 Å². The average Bonchev–Trinajstić information content (AvgIpc) is 2.57. The number of likely N-dealkylation sites (N-methyl/N-ethyl adjacent to an activating group) is 1. The minimum atomic E-state index is -3.72. The lowest BCUT2D eigenvalue weighted by Crippen LogP contribution is -2.35. The standard InChI is InChI=1S/C18H21BrN2O3S/c1-4-14-7-5-6-13(2)18(14)20-17(22)12-21(3)25(23,24)16-10-8-15(19)9-11-16/h5-11H,4,12H2,1-3H3,(H,20,22). The normalized spacial score (nSPS) is 11.6. The second-order valence-electron chi connectivity index (χ2n) is 5.73. The third-order valence-corrected chi connectivity index (χ3v) is 6.24. The maximum absolute atomic E-state index is 12.6. The number of halogens is 1. The van der Waals surface area contributed by atoms with Gasteiger partial charge in [0, 0.05) is 17.2 Å². The van der Waals surface area contributed by atoms with Crippen LogP contribution in [0.5, 0.6) is 0 Å². The number of carbonyl (C=O) groups is 1. The molecule has 2 aromatic rings. The van der Waals surface area contributed by atoms with Crippen LogP contribution in [0.3, 0.4) is 0 Å². The number of amides is 1. The van der Waals surface area contributed by atoms with Crippen molar-refractivity contribution in [1.82, 2.24) is 4.31 Å². The molecule has 7 heteroatoms. The van der Waals surface area contributed by atoms with Crippen LogP contribution in [-0.2, 0) is 21.2 Å². The number of aryl methyl sites for hydroxylation is 2. The number of nitrogens with zero attached hydrogens (tertiary/aromatic N) is 1. The van der Waals surface area contributed by atoms with E-state index in [0.717, 1.165) is 32.0 Å². The Hall–Kier alpha value is -1.70. The molecule has 0 aliphatic rings. The van der Waals surface area contributed by atoms with Crippen LogP contribution in [0.1, 0.15) is 18.1 Å². The predicted octanol–water partition coefficient (Wildman–Crippen LogP) is 3.58. The van der Waals surface area contributed by atoms with Crippen molar-refractivity contribution in [2.24, 2.45) is 0 Å². The summed E-state index contributed by atoms with van der Waals surface area (Å²) in [6.07, 6.45) is 0.782. The SMILES string of the molecule is CCc1cccc(C)c1NC(=O)CN(C)S(=O)(=O)c1ccc(Br)cc1. The Morgan fingerprint density at radius 2 is 1.80 bits per heavy atom. The number of hydrogen-bond donors (Lipinski definition) is 1. The van der Waals surface area contributed by atoms with Crippen molar-refractivity contribution in [3.8, 4) is 0 Å². The minimum Gasteiger partial charge on any atom is -0.324 e. The molecule has 0 aromatic heterocycles. The molecule has 2 aromatic carbocycles. The lowest BCUT2D eigenvalue weighted by molar-refractivity contribution is -0.116. The molecular formula is C18H21BrN2O3S. The Morgan fingerprint density at radius 3 is 2.40 bits per heavy atom. The van der Waals surface area contributed by atoms with Gasteiger partial charge in [0.1, 0.15) is 0 Å².